The van der Waals surface area contributed by atoms with E-state index in [-0.39, 0.29) is 19.0 Å². The molecule has 2 heterocycles. The van der Waals surface area contributed by atoms with Crippen molar-refractivity contribution in [3.8, 4) is 0 Å². The minimum absolute atomic E-state index is 0.0970. The highest BCUT2D eigenvalue weighted by atomic mass is 16.6. The molecular formula is C11H15NO6. The number of rotatable bonds is 3. The predicted molar refractivity (Wildman–Crippen MR) is 58.5 cm³/mol. The number of carbonyl (C=O) groups is 2. The second-order valence-corrected chi connectivity index (χ2v) is 4.17. The minimum Gasteiger partial charge on any atom is -0.494 e. The molecular weight excluding hydrogens is 242 g/mol. The van der Waals surface area contributed by atoms with E-state index in [1.807, 2.05) is 0 Å². The van der Waals surface area contributed by atoms with Crippen LogP contribution in [0, 0.1) is 5.92 Å². The summed E-state index contributed by atoms with van der Waals surface area (Å²) >= 11 is 0. The van der Waals surface area contributed by atoms with Gasteiger partial charge in [0.2, 0.25) is 5.76 Å². The fourth-order valence-electron chi connectivity index (χ4n) is 1.97. The van der Waals surface area contributed by atoms with E-state index in [4.69, 9.17) is 19.3 Å². The molecule has 0 aromatic heterocycles. The van der Waals surface area contributed by atoms with Gasteiger partial charge in [-0.2, -0.15) is 0 Å². The molecule has 0 aliphatic carbocycles. The molecule has 0 radical (unpaired) electrons. The summed E-state index contributed by atoms with van der Waals surface area (Å²) in [4.78, 5) is 24.4. The molecule has 1 amide bonds. The van der Waals surface area contributed by atoms with Gasteiger partial charge in [-0.05, 0) is 0 Å². The highest BCUT2D eigenvalue weighted by molar-refractivity contribution is 5.91. The van der Waals surface area contributed by atoms with Crippen molar-refractivity contribution in [1.82, 2.24) is 4.90 Å². The average Bonchev–Trinajstić information content (AvgIpc) is 2.87. The fraction of sp³-hybridized carbons (Fsp3) is 0.636. The Morgan fingerprint density at radius 2 is 2.17 bits per heavy atom. The maximum Gasteiger partial charge on any atom is 0.311 e. The maximum atomic E-state index is 12.1. The molecule has 2 aliphatic rings. The molecule has 18 heavy (non-hydrogen) atoms. The van der Waals surface area contributed by atoms with Crippen molar-refractivity contribution < 1.29 is 28.9 Å². The molecule has 2 aliphatic heterocycles. The Morgan fingerprint density at radius 3 is 2.78 bits per heavy atom. The van der Waals surface area contributed by atoms with Crippen LogP contribution >= 0.6 is 0 Å². The van der Waals surface area contributed by atoms with Gasteiger partial charge in [-0.1, -0.05) is 0 Å². The topological polar surface area (TPSA) is 85.3 Å². The zero-order valence-corrected chi connectivity index (χ0v) is 10.00. The fourth-order valence-corrected chi connectivity index (χ4v) is 1.97. The van der Waals surface area contributed by atoms with Crippen LogP contribution in [-0.2, 0) is 23.8 Å². The number of likely N-dealkylation sites (N-methyl/N-ethyl adjacent to an activating group) is 1. The number of carbonyl (C=O) groups excluding carboxylic acids is 1. The molecule has 1 saturated heterocycles. The highest BCUT2D eigenvalue weighted by Crippen LogP contribution is 2.21. The number of nitrogens with zero attached hydrogens (tertiary/aromatic N) is 1. The molecule has 2 rings (SSSR count). The molecule has 0 spiro atoms. The molecule has 0 saturated carbocycles. The molecule has 7 heteroatoms. The molecule has 1 fully saturated rings. The number of amides is 1. The average molecular weight is 257 g/mol. The van der Waals surface area contributed by atoms with Crippen LogP contribution in [0.1, 0.15) is 0 Å². The van der Waals surface area contributed by atoms with E-state index in [0.29, 0.717) is 13.2 Å². The van der Waals surface area contributed by atoms with E-state index >= 15 is 0 Å². The lowest BCUT2D eigenvalue weighted by atomic mass is 10.0. The van der Waals surface area contributed by atoms with E-state index in [2.05, 4.69) is 0 Å². The molecule has 2 unspecified atom stereocenters. The molecule has 100 valence electrons. The zero-order valence-electron chi connectivity index (χ0n) is 10.00. The van der Waals surface area contributed by atoms with Crippen molar-refractivity contribution in [3.63, 3.8) is 0 Å². The Morgan fingerprint density at radius 1 is 1.39 bits per heavy atom. The van der Waals surface area contributed by atoms with Crippen molar-refractivity contribution in [1.29, 1.82) is 0 Å². The van der Waals surface area contributed by atoms with Gasteiger partial charge in [0.05, 0.1) is 19.3 Å². The number of aliphatic carboxylic acids is 1. The standard InChI is InChI=1S/C11H15NO6/c1-12(8-5-17-4-7(8)11(14)15)10(13)9-6-16-2-3-18-9/h6-8H,2-5H2,1H3,(H,14,15). The summed E-state index contributed by atoms with van der Waals surface area (Å²) in [6.45, 7) is 1.06. The Kier molecular flexibility index (Phi) is 3.71. The van der Waals surface area contributed by atoms with Gasteiger partial charge in [0.25, 0.3) is 5.91 Å². The molecule has 0 bridgehead atoms. The second kappa shape index (κ2) is 5.26. The number of carboxylic acids is 1. The summed E-state index contributed by atoms with van der Waals surface area (Å²) in [6.07, 6.45) is 1.26. The van der Waals surface area contributed by atoms with Crippen molar-refractivity contribution in [3.05, 3.63) is 12.0 Å². The lowest BCUT2D eigenvalue weighted by molar-refractivity contribution is -0.144. The summed E-state index contributed by atoms with van der Waals surface area (Å²) in [5.74, 6) is -1.97. The summed E-state index contributed by atoms with van der Waals surface area (Å²) in [6, 6.07) is -0.485. The van der Waals surface area contributed by atoms with Crippen LogP contribution in [-0.4, -0.2) is 61.4 Å². The number of carboxylic acid groups (broad SMARTS) is 1. The van der Waals surface area contributed by atoms with Gasteiger partial charge in [0.1, 0.15) is 25.4 Å². The second-order valence-electron chi connectivity index (χ2n) is 4.17. The smallest absolute Gasteiger partial charge is 0.311 e. The van der Waals surface area contributed by atoms with Gasteiger partial charge >= 0.3 is 5.97 Å². The van der Waals surface area contributed by atoms with Crippen LogP contribution in [0.5, 0.6) is 0 Å². The highest BCUT2D eigenvalue weighted by Gasteiger charge is 2.39. The van der Waals surface area contributed by atoms with Gasteiger partial charge in [-0.15, -0.1) is 0 Å². The van der Waals surface area contributed by atoms with E-state index in [0.717, 1.165) is 0 Å². The van der Waals surface area contributed by atoms with Crippen molar-refractivity contribution >= 4 is 11.9 Å². The maximum absolute atomic E-state index is 12.1. The van der Waals surface area contributed by atoms with Crippen LogP contribution in [0.15, 0.2) is 12.0 Å². The third-order valence-electron chi connectivity index (χ3n) is 3.05. The molecule has 1 N–H and O–H groups in total. The Labute approximate surface area is 104 Å². The van der Waals surface area contributed by atoms with E-state index < -0.39 is 23.8 Å². The summed E-state index contributed by atoms with van der Waals surface area (Å²) in [5.41, 5.74) is 0. The van der Waals surface area contributed by atoms with E-state index in [1.54, 1.807) is 0 Å². The van der Waals surface area contributed by atoms with Gasteiger partial charge in [-0.3, -0.25) is 9.59 Å². The first-order valence-electron chi connectivity index (χ1n) is 5.63. The van der Waals surface area contributed by atoms with Crippen LogP contribution in [0.25, 0.3) is 0 Å². The van der Waals surface area contributed by atoms with Gasteiger partial charge < -0.3 is 24.2 Å². The largest absolute Gasteiger partial charge is 0.494 e. The van der Waals surface area contributed by atoms with Crippen LogP contribution < -0.4 is 0 Å². The van der Waals surface area contributed by atoms with Crippen LogP contribution in [0.2, 0.25) is 0 Å². The van der Waals surface area contributed by atoms with Crippen molar-refractivity contribution in [2.75, 3.05) is 33.5 Å². The van der Waals surface area contributed by atoms with Crippen LogP contribution in [0.4, 0.5) is 0 Å². The Bertz CT molecular complexity index is 380. The lowest BCUT2D eigenvalue weighted by Crippen LogP contribution is -2.45. The third kappa shape index (κ3) is 2.40. The quantitative estimate of drug-likeness (QED) is 0.729. The van der Waals surface area contributed by atoms with Gasteiger partial charge in [0, 0.05) is 7.05 Å². The van der Waals surface area contributed by atoms with Gasteiger partial charge in [-0.25, -0.2) is 0 Å². The molecule has 7 nitrogen and oxygen atoms in total. The molecule has 0 aromatic carbocycles. The van der Waals surface area contributed by atoms with E-state index in [9.17, 15) is 9.59 Å². The predicted octanol–water partition coefficient (Wildman–Crippen LogP) is -0.567. The van der Waals surface area contributed by atoms with Crippen molar-refractivity contribution in [2.45, 2.75) is 6.04 Å². The van der Waals surface area contributed by atoms with E-state index in [1.165, 1.54) is 18.2 Å². The first-order chi connectivity index (χ1) is 8.61. The SMILES string of the molecule is CN(C(=O)C1=COCCO1)C1COCC1C(=O)O. The Balaban J connectivity index is 2.06. The Hall–Kier alpha value is -1.76. The molecule has 2 atom stereocenters. The summed E-state index contributed by atoms with van der Waals surface area (Å²) < 4.78 is 15.3. The van der Waals surface area contributed by atoms with Crippen molar-refractivity contribution in [2.24, 2.45) is 5.92 Å². The monoisotopic (exact) mass is 257 g/mol. The number of hydrogen-bond acceptors (Lipinski definition) is 5. The van der Waals surface area contributed by atoms with Crippen LogP contribution in [0.3, 0.4) is 0 Å². The minimum atomic E-state index is -0.966. The first kappa shape index (κ1) is 12.7. The summed E-state index contributed by atoms with van der Waals surface area (Å²) in [7, 11) is 1.54. The summed E-state index contributed by atoms with van der Waals surface area (Å²) in [5, 5.41) is 9.04. The first-order valence-corrected chi connectivity index (χ1v) is 5.63. The van der Waals surface area contributed by atoms with Gasteiger partial charge in [0.15, 0.2) is 0 Å². The zero-order chi connectivity index (χ0) is 13.1. The lowest BCUT2D eigenvalue weighted by Gasteiger charge is -2.27. The number of ether oxygens (including phenoxy) is 3. The number of hydrogen-bond donors (Lipinski definition) is 1. The third-order valence-corrected chi connectivity index (χ3v) is 3.05. The molecule has 0 aromatic rings. The normalized spacial score (nSPS) is 26.8.